The first-order valence-electron chi connectivity index (χ1n) is 7.25. The van der Waals surface area contributed by atoms with Crippen LogP contribution in [0.5, 0.6) is 0 Å². The molecule has 1 atom stereocenters. The van der Waals surface area contributed by atoms with E-state index >= 15 is 0 Å². The maximum atomic E-state index is 5.22. The Kier molecular flexibility index (Phi) is 8.58. The first-order chi connectivity index (χ1) is 9.31. The lowest BCUT2D eigenvalue weighted by Crippen LogP contribution is -2.40. The van der Waals surface area contributed by atoms with Gasteiger partial charge in [0.1, 0.15) is 0 Å². The number of aliphatic imine (C=N–C) groups is 1. The summed E-state index contributed by atoms with van der Waals surface area (Å²) in [5, 5.41) is 3.45. The van der Waals surface area contributed by atoms with Crippen molar-refractivity contribution in [1.29, 1.82) is 0 Å². The molecule has 0 aliphatic carbocycles. The van der Waals surface area contributed by atoms with Crippen molar-refractivity contribution in [2.75, 3.05) is 54.1 Å². The third kappa shape index (κ3) is 6.25. The molecule has 1 saturated heterocycles. The van der Waals surface area contributed by atoms with Crippen molar-refractivity contribution in [3.63, 3.8) is 0 Å². The molecular weight excluding hydrogens is 242 g/mol. The van der Waals surface area contributed by atoms with Gasteiger partial charge in [-0.25, -0.2) is 0 Å². The van der Waals surface area contributed by atoms with Crippen LogP contribution < -0.4 is 5.32 Å². The van der Waals surface area contributed by atoms with E-state index in [2.05, 4.69) is 15.2 Å². The molecule has 1 N–H and O–H groups in total. The summed E-state index contributed by atoms with van der Waals surface area (Å²) < 4.78 is 10.3. The van der Waals surface area contributed by atoms with Gasteiger partial charge >= 0.3 is 0 Å². The Bertz CT molecular complexity index is 259. The molecule has 1 heterocycles. The van der Waals surface area contributed by atoms with Crippen LogP contribution in [0.1, 0.15) is 25.7 Å². The predicted molar refractivity (Wildman–Crippen MR) is 78.6 cm³/mol. The average molecular weight is 271 g/mol. The molecule has 0 aromatic rings. The van der Waals surface area contributed by atoms with Crippen molar-refractivity contribution in [1.82, 2.24) is 10.2 Å². The predicted octanol–water partition coefficient (Wildman–Crippen LogP) is 1.35. The van der Waals surface area contributed by atoms with E-state index in [4.69, 9.17) is 9.47 Å². The van der Waals surface area contributed by atoms with Crippen molar-refractivity contribution in [2.24, 2.45) is 10.9 Å². The molecule has 0 aromatic carbocycles. The van der Waals surface area contributed by atoms with E-state index in [1.165, 1.54) is 12.8 Å². The Morgan fingerprint density at radius 3 is 2.79 bits per heavy atom. The van der Waals surface area contributed by atoms with E-state index in [0.29, 0.717) is 5.92 Å². The molecule has 1 aliphatic rings. The highest BCUT2D eigenvalue weighted by atomic mass is 16.5. The van der Waals surface area contributed by atoms with Crippen LogP contribution in [-0.2, 0) is 9.47 Å². The van der Waals surface area contributed by atoms with Crippen molar-refractivity contribution in [3.8, 4) is 0 Å². The zero-order valence-corrected chi connectivity index (χ0v) is 12.7. The number of ether oxygens (including phenoxy) is 2. The minimum Gasteiger partial charge on any atom is -0.385 e. The molecule has 1 rings (SSSR count). The topological polar surface area (TPSA) is 46.1 Å². The highest BCUT2D eigenvalue weighted by Gasteiger charge is 2.24. The third-order valence-corrected chi connectivity index (χ3v) is 3.51. The molecule has 5 heteroatoms. The Balaban J connectivity index is 2.16. The summed E-state index contributed by atoms with van der Waals surface area (Å²) in [5.41, 5.74) is 0. The number of likely N-dealkylation sites (tertiary alicyclic amines) is 1. The van der Waals surface area contributed by atoms with E-state index in [1.54, 1.807) is 14.2 Å². The van der Waals surface area contributed by atoms with Crippen LogP contribution in [0.25, 0.3) is 0 Å². The van der Waals surface area contributed by atoms with Crippen LogP contribution in [0.4, 0.5) is 0 Å². The van der Waals surface area contributed by atoms with Crippen LogP contribution in [0, 0.1) is 5.92 Å². The number of rotatable bonds is 8. The molecule has 1 aliphatic heterocycles. The molecule has 0 radical (unpaired) electrons. The van der Waals surface area contributed by atoms with Crippen LogP contribution in [-0.4, -0.2) is 65.0 Å². The van der Waals surface area contributed by atoms with Gasteiger partial charge in [0.2, 0.25) is 0 Å². The summed E-state index contributed by atoms with van der Waals surface area (Å²) in [5.74, 6) is 1.68. The highest BCUT2D eigenvalue weighted by molar-refractivity contribution is 5.80. The fourth-order valence-electron chi connectivity index (χ4n) is 2.48. The lowest BCUT2D eigenvalue weighted by molar-refractivity contribution is 0.157. The maximum Gasteiger partial charge on any atom is 0.193 e. The molecule has 0 bridgehead atoms. The van der Waals surface area contributed by atoms with Gasteiger partial charge < -0.3 is 19.7 Å². The van der Waals surface area contributed by atoms with Crippen molar-refractivity contribution in [2.45, 2.75) is 25.7 Å². The fraction of sp³-hybridized carbons (Fsp3) is 0.929. The summed E-state index contributed by atoms with van der Waals surface area (Å²) in [7, 11) is 5.39. The Hall–Kier alpha value is -0.810. The van der Waals surface area contributed by atoms with Gasteiger partial charge in [0, 0.05) is 53.4 Å². The normalized spacial score (nSPS) is 20.1. The van der Waals surface area contributed by atoms with Crippen LogP contribution >= 0.6 is 0 Å². The molecule has 1 fully saturated rings. The first kappa shape index (κ1) is 16.2. The Labute approximate surface area is 117 Å². The Morgan fingerprint density at radius 1 is 1.26 bits per heavy atom. The number of methoxy groups -OCH3 is 2. The van der Waals surface area contributed by atoms with Gasteiger partial charge in [-0.3, -0.25) is 4.99 Å². The molecule has 19 heavy (non-hydrogen) atoms. The summed E-state index contributed by atoms with van der Waals surface area (Å²) in [6.07, 6.45) is 4.70. The highest BCUT2D eigenvalue weighted by Crippen LogP contribution is 2.16. The van der Waals surface area contributed by atoms with Crippen LogP contribution in [0.15, 0.2) is 4.99 Å². The molecule has 112 valence electrons. The smallest absolute Gasteiger partial charge is 0.193 e. The van der Waals surface area contributed by atoms with Crippen molar-refractivity contribution >= 4 is 5.96 Å². The summed E-state index contributed by atoms with van der Waals surface area (Å²) >= 11 is 0. The molecule has 0 saturated carbocycles. The first-order valence-corrected chi connectivity index (χ1v) is 7.25. The largest absolute Gasteiger partial charge is 0.385 e. The lowest BCUT2D eigenvalue weighted by Gasteiger charge is -2.21. The third-order valence-electron chi connectivity index (χ3n) is 3.51. The van der Waals surface area contributed by atoms with Crippen LogP contribution in [0.3, 0.4) is 0 Å². The van der Waals surface area contributed by atoms with Gasteiger partial charge in [-0.15, -0.1) is 0 Å². The lowest BCUT2D eigenvalue weighted by atomic mass is 10.1. The van der Waals surface area contributed by atoms with Crippen molar-refractivity contribution < 1.29 is 9.47 Å². The Morgan fingerprint density at radius 2 is 2.11 bits per heavy atom. The minimum absolute atomic E-state index is 0.644. The second-order valence-corrected chi connectivity index (χ2v) is 5.08. The summed E-state index contributed by atoms with van der Waals surface area (Å²) in [6, 6.07) is 0. The second kappa shape index (κ2) is 10.0. The zero-order chi connectivity index (χ0) is 13.9. The summed E-state index contributed by atoms with van der Waals surface area (Å²) in [6.45, 7) is 4.83. The maximum absolute atomic E-state index is 5.22. The van der Waals surface area contributed by atoms with Gasteiger partial charge in [0.25, 0.3) is 0 Å². The van der Waals surface area contributed by atoms with E-state index in [-0.39, 0.29) is 0 Å². The van der Waals surface area contributed by atoms with Gasteiger partial charge in [-0.1, -0.05) is 0 Å². The minimum atomic E-state index is 0.644. The molecule has 0 spiro atoms. The van der Waals surface area contributed by atoms with E-state index in [9.17, 15) is 0 Å². The van der Waals surface area contributed by atoms with Crippen molar-refractivity contribution in [3.05, 3.63) is 0 Å². The number of guanidine groups is 1. The molecule has 5 nitrogen and oxygen atoms in total. The van der Waals surface area contributed by atoms with E-state index < -0.39 is 0 Å². The van der Waals surface area contributed by atoms with Crippen LogP contribution in [0.2, 0.25) is 0 Å². The van der Waals surface area contributed by atoms with Gasteiger partial charge in [-0.2, -0.15) is 0 Å². The molecule has 0 aromatic heterocycles. The number of unbranched alkanes of at least 4 members (excludes halogenated alkanes) is 2. The molecule has 1 unspecified atom stereocenters. The number of nitrogens with zero attached hydrogens (tertiary/aromatic N) is 2. The van der Waals surface area contributed by atoms with Gasteiger partial charge in [-0.05, 0) is 25.7 Å². The number of nitrogens with one attached hydrogen (secondary N) is 1. The monoisotopic (exact) mass is 271 g/mol. The zero-order valence-electron chi connectivity index (χ0n) is 12.7. The standard InChI is InChI=1S/C14H29N3O2/c1-15-14(16-8-5-4-6-10-18-2)17-9-7-13(11-17)12-19-3/h13H,4-12H2,1-3H3,(H,15,16). The number of hydrogen-bond donors (Lipinski definition) is 1. The molecule has 0 amide bonds. The van der Waals surface area contributed by atoms with Gasteiger partial charge in [0.05, 0.1) is 6.61 Å². The second-order valence-electron chi connectivity index (χ2n) is 5.08. The fourth-order valence-corrected chi connectivity index (χ4v) is 2.48. The SMILES string of the molecule is CN=C(NCCCCCOC)N1CCC(COC)C1. The summed E-state index contributed by atoms with van der Waals surface area (Å²) in [4.78, 5) is 6.70. The number of hydrogen-bond acceptors (Lipinski definition) is 3. The van der Waals surface area contributed by atoms with E-state index in [0.717, 1.165) is 51.6 Å². The van der Waals surface area contributed by atoms with E-state index in [1.807, 2.05) is 7.05 Å². The quantitative estimate of drug-likeness (QED) is 0.411. The average Bonchev–Trinajstić information content (AvgIpc) is 2.87. The van der Waals surface area contributed by atoms with Gasteiger partial charge in [0.15, 0.2) is 5.96 Å². The molecular formula is C14H29N3O2.